The minimum Gasteiger partial charge on any atom is -0.360 e. The number of hydrogen-bond donors (Lipinski definition) is 1. The van der Waals surface area contributed by atoms with Crippen molar-refractivity contribution in [3.05, 3.63) is 78.4 Å². The van der Waals surface area contributed by atoms with E-state index in [1.54, 1.807) is 4.90 Å². The predicted octanol–water partition coefficient (Wildman–Crippen LogP) is 3.11. The zero-order valence-corrected chi connectivity index (χ0v) is 17.0. The van der Waals surface area contributed by atoms with Crippen LogP contribution in [0.2, 0.25) is 0 Å². The lowest BCUT2D eigenvalue weighted by Gasteiger charge is -2.25. The van der Waals surface area contributed by atoms with Crippen LogP contribution in [0.25, 0.3) is 0 Å². The molecule has 3 aliphatic heterocycles. The number of rotatable bonds is 6. The summed E-state index contributed by atoms with van der Waals surface area (Å²) in [6.07, 6.45) is 5.38. The van der Waals surface area contributed by atoms with E-state index in [2.05, 4.69) is 17.4 Å². The maximum absolute atomic E-state index is 13.3. The molecule has 2 bridgehead atoms. The number of hydrogen-bond acceptors (Lipinski definition) is 3. The quantitative estimate of drug-likeness (QED) is 0.756. The molecular formula is C25H26N2O3. The summed E-state index contributed by atoms with van der Waals surface area (Å²) in [6.45, 7) is 2.48. The molecule has 0 unspecified atom stereocenters. The van der Waals surface area contributed by atoms with E-state index < -0.39 is 17.4 Å². The summed E-state index contributed by atoms with van der Waals surface area (Å²) in [5.41, 5.74) is 1.42. The van der Waals surface area contributed by atoms with E-state index in [4.69, 9.17) is 4.74 Å². The first-order chi connectivity index (χ1) is 14.6. The van der Waals surface area contributed by atoms with Crippen molar-refractivity contribution in [2.75, 3.05) is 11.4 Å². The Morgan fingerprint density at radius 1 is 1.17 bits per heavy atom. The van der Waals surface area contributed by atoms with Crippen LogP contribution in [0.15, 0.2) is 72.8 Å². The van der Waals surface area contributed by atoms with Crippen LogP contribution in [0.5, 0.6) is 0 Å². The predicted molar refractivity (Wildman–Crippen MR) is 115 cm³/mol. The fourth-order valence-corrected chi connectivity index (χ4v) is 5.06. The van der Waals surface area contributed by atoms with Gasteiger partial charge in [-0.05, 0) is 37.5 Å². The van der Waals surface area contributed by atoms with Crippen molar-refractivity contribution >= 4 is 17.5 Å². The van der Waals surface area contributed by atoms with Crippen LogP contribution in [0.3, 0.4) is 0 Å². The summed E-state index contributed by atoms with van der Waals surface area (Å²) in [5, 5.41) is 3.14. The highest BCUT2D eigenvalue weighted by Gasteiger charge is 2.67. The summed E-state index contributed by atoms with van der Waals surface area (Å²) in [4.78, 5) is 28.3. The van der Waals surface area contributed by atoms with Gasteiger partial charge in [0, 0.05) is 11.7 Å². The van der Waals surface area contributed by atoms with Gasteiger partial charge < -0.3 is 15.0 Å². The Kier molecular flexibility index (Phi) is 4.70. The number of fused-ring (bicyclic) bond motifs is 1. The fourth-order valence-electron chi connectivity index (χ4n) is 5.06. The first kappa shape index (κ1) is 19.1. The molecule has 5 heteroatoms. The molecule has 5 atom stereocenters. The maximum Gasteiger partial charge on any atom is 0.234 e. The second-order valence-corrected chi connectivity index (χ2v) is 8.59. The number of carbonyl (C=O) groups excluding carboxylic acids is 2. The Hall–Kier alpha value is -2.92. The van der Waals surface area contributed by atoms with Crippen LogP contribution in [-0.2, 0) is 20.7 Å². The van der Waals surface area contributed by atoms with E-state index in [0.717, 1.165) is 18.5 Å². The van der Waals surface area contributed by atoms with Crippen molar-refractivity contribution in [2.45, 2.75) is 37.5 Å². The number of carbonyl (C=O) groups is 2. The van der Waals surface area contributed by atoms with Crippen LogP contribution in [0.1, 0.15) is 18.9 Å². The topological polar surface area (TPSA) is 58.6 Å². The van der Waals surface area contributed by atoms with E-state index in [1.165, 1.54) is 5.56 Å². The van der Waals surface area contributed by atoms with Gasteiger partial charge in [0.05, 0.1) is 24.5 Å². The van der Waals surface area contributed by atoms with E-state index >= 15 is 0 Å². The van der Waals surface area contributed by atoms with Crippen molar-refractivity contribution in [1.29, 1.82) is 0 Å². The number of amides is 2. The van der Waals surface area contributed by atoms with Crippen molar-refractivity contribution in [2.24, 2.45) is 11.8 Å². The average molecular weight is 402 g/mol. The number of benzene rings is 2. The largest absolute Gasteiger partial charge is 0.360 e. The number of anilines is 1. The van der Waals surface area contributed by atoms with Gasteiger partial charge in [-0.2, -0.15) is 0 Å². The molecule has 2 fully saturated rings. The maximum atomic E-state index is 13.3. The van der Waals surface area contributed by atoms with Gasteiger partial charge in [0.25, 0.3) is 0 Å². The van der Waals surface area contributed by atoms with E-state index in [9.17, 15) is 9.59 Å². The first-order valence-electron chi connectivity index (χ1n) is 10.7. The highest BCUT2D eigenvalue weighted by Crippen LogP contribution is 2.52. The van der Waals surface area contributed by atoms with Crippen molar-refractivity contribution < 1.29 is 14.3 Å². The number of aryl methyl sites for hydroxylation is 1. The van der Waals surface area contributed by atoms with Gasteiger partial charge in [0.1, 0.15) is 5.60 Å². The van der Waals surface area contributed by atoms with Crippen LogP contribution >= 0.6 is 0 Å². The molecule has 2 amide bonds. The minimum absolute atomic E-state index is 0.0230. The van der Waals surface area contributed by atoms with Gasteiger partial charge in [0.15, 0.2) is 0 Å². The van der Waals surface area contributed by atoms with Crippen LogP contribution in [0.4, 0.5) is 5.69 Å². The monoisotopic (exact) mass is 402 g/mol. The molecule has 0 aromatic heterocycles. The molecule has 2 aromatic rings. The van der Waals surface area contributed by atoms with E-state index in [0.29, 0.717) is 6.54 Å². The first-order valence-corrected chi connectivity index (χ1v) is 10.7. The smallest absolute Gasteiger partial charge is 0.234 e. The lowest BCUT2D eigenvalue weighted by atomic mass is 9.76. The van der Waals surface area contributed by atoms with Gasteiger partial charge in [-0.15, -0.1) is 0 Å². The Morgan fingerprint density at radius 2 is 1.87 bits per heavy atom. The lowest BCUT2D eigenvalue weighted by Crippen LogP contribution is -2.46. The van der Waals surface area contributed by atoms with Gasteiger partial charge in [0.2, 0.25) is 11.8 Å². The Balaban J connectivity index is 1.29. The van der Waals surface area contributed by atoms with Crippen molar-refractivity contribution in [1.82, 2.24) is 5.32 Å². The molecule has 5 rings (SSSR count). The summed E-state index contributed by atoms with van der Waals surface area (Å²) in [6, 6.07) is 19.9. The van der Waals surface area contributed by atoms with Crippen LogP contribution in [-0.4, -0.2) is 36.1 Å². The number of ether oxygens (including phenoxy) is 1. The molecule has 30 heavy (non-hydrogen) atoms. The molecule has 2 saturated heterocycles. The Labute approximate surface area is 176 Å². The van der Waals surface area contributed by atoms with Crippen molar-refractivity contribution in [3.63, 3.8) is 0 Å². The molecule has 0 saturated carbocycles. The molecule has 1 spiro atoms. The normalized spacial score (nSPS) is 29.8. The molecule has 2 aromatic carbocycles. The summed E-state index contributed by atoms with van der Waals surface area (Å²) < 4.78 is 6.22. The summed E-state index contributed by atoms with van der Waals surface area (Å²) in [5.74, 6) is -1.05. The molecule has 154 valence electrons. The molecule has 5 nitrogen and oxygen atoms in total. The van der Waals surface area contributed by atoms with Crippen molar-refractivity contribution in [3.8, 4) is 0 Å². The molecule has 0 aliphatic carbocycles. The third kappa shape index (κ3) is 3.14. The molecule has 3 aliphatic rings. The fraction of sp³-hybridized carbons (Fsp3) is 0.360. The Bertz CT molecular complexity index is 974. The zero-order valence-electron chi connectivity index (χ0n) is 17.0. The second kappa shape index (κ2) is 7.40. The third-order valence-corrected chi connectivity index (χ3v) is 6.57. The highest BCUT2D eigenvalue weighted by atomic mass is 16.5. The molecule has 1 N–H and O–H groups in total. The highest BCUT2D eigenvalue weighted by molar-refractivity contribution is 6.03. The van der Waals surface area contributed by atoms with Gasteiger partial charge in [-0.25, -0.2) is 0 Å². The van der Waals surface area contributed by atoms with E-state index in [1.807, 2.05) is 67.6 Å². The lowest BCUT2D eigenvalue weighted by molar-refractivity contribution is -0.132. The SMILES string of the molecule is C[C@@H](CCc1ccccc1)NC(=O)[C@H]1[C@H]2C(=O)N(c3ccccc3)C[C@]23C=C[C@H]1O3. The number of nitrogens with one attached hydrogen (secondary N) is 1. The summed E-state index contributed by atoms with van der Waals surface area (Å²) >= 11 is 0. The van der Waals surface area contributed by atoms with Gasteiger partial charge >= 0.3 is 0 Å². The zero-order chi connectivity index (χ0) is 20.7. The van der Waals surface area contributed by atoms with Crippen LogP contribution < -0.4 is 10.2 Å². The second-order valence-electron chi connectivity index (χ2n) is 8.59. The number of para-hydroxylation sites is 1. The summed E-state index contributed by atoms with van der Waals surface area (Å²) in [7, 11) is 0. The average Bonchev–Trinajstić information content (AvgIpc) is 3.42. The van der Waals surface area contributed by atoms with Crippen LogP contribution in [0, 0.1) is 11.8 Å². The number of nitrogens with zero attached hydrogens (tertiary/aromatic N) is 1. The Morgan fingerprint density at radius 3 is 2.60 bits per heavy atom. The van der Waals surface area contributed by atoms with Gasteiger partial charge in [-0.3, -0.25) is 9.59 Å². The standard InChI is InChI=1S/C25H26N2O3/c1-17(12-13-18-8-4-2-5-9-18)26-23(28)21-20-14-15-25(30-20)16-27(24(29)22(21)25)19-10-6-3-7-11-19/h2-11,14-15,17,20-22H,12-13,16H2,1H3,(H,26,28)/t17-,20+,21+,22-,25+/m0/s1. The van der Waals surface area contributed by atoms with E-state index in [-0.39, 0.29) is 24.0 Å². The van der Waals surface area contributed by atoms with Gasteiger partial charge in [-0.1, -0.05) is 60.7 Å². The molecular weight excluding hydrogens is 376 g/mol. The molecule has 3 heterocycles. The minimum atomic E-state index is -0.688. The molecule has 0 radical (unpaired) electrons. The third-order valence-electron chi connectivity index (χ3n) is 6.57.